The molecule has 1 aliphatic rings. The number of amides is 1. The Kier molecular flexibility index (Phi) is 5.11. The number of amidine groups is 1. The summed E-state index contributed by atoms with van der Waals surface area (Å²) in [6.07, 6.45) is 0.560. The van der Waals surface area contributed by atoms with Crippen LogP contribution >= 0.6 is 46.6 Å². The van der Waals surface area contributed by atoms with E-state index in [1.807, 2.05) is 31.2 Å². The van der Waals surface area contributed by atoms with Crippen molar-refractivity contribution in [3.63, 3.8) is 0 Å². The average molecular weight is 400 g/mol. The first-order chi connectivity index (χ1) is 11.4. The minimum Gasteiger partial charge on any atom is -0.304 e. The van der Waals surface area contributed by atoms with Gasteiger partial charge in [-0.05, 0) is 49.2 Å². The molecule has 1 unspecified atom stereocenters. The van der Waals surface area contributed by atoms with E-state index in [0.29, 0.717) is 32.3 Å². The van der Waals surface area contributed by atoms with Crippen molar-refractivity contribution in [1.29, 1.82) is 0 Å². The summed E-state index contributed by atoms with van der Waals surface area (Å²) in [4.78, 5) is 16.9. The quantitative estimate of drug-likeness (QED) is 0.740. The number of hydrogen-bond donors (Lipinski definition) is 1. The van der Waals surface area contributed by atoms with E-state index in [0.717, 1.165) is 5.56 Å². The predicted molar refractivity (Wildman–Crippen MR) is 103 cm³/mol. The molecule has 1 heterocycles. The lowest BCUT2D eigenvalue weighted by Crippen LogP contribution is -2.35. The van der Waals surface area contributed by atoms with Gasteiger partial charge in [0.25, 0.3) is 0 Å². The van der Waals surface area contributed by atoms with E-state index < -0.39 is 4.75 Å². The maximum Gasteiger partial charge on any atom is 0.242 e. The lowest BCUT2D eigenvalue weighted by atomic mass is 9.99. The maximum absolute atomic E-state index is 12.4. The minimum absolute atomic E-state index is 0.0775. The van der Waals surface area contributed by atoms with Crippen LogP contribution in [-0.4, -0.2) is 15.8 Å². The summed E-state index contributed by atoms with van der Waals surface area (Å²) in [5.41, 5.74) is 1.64. The molecular weight excluding hydrogens is 387 g/mol. The predicted octanol–water partition coefficient (Wildman–Crippen LogP) is 5.50. The monoisotopic (exact) mass is 398 g/mol. The molecule has 2 aromatic rings. The second-order valence-electron chi connectivity index (χ2n) is 5.61. The van der Waals surface area contributed by atoms with Crippen molar-refractivity contribution in [3.05, 3.63) is 63.1 Å². The van der Waals surface area contributed by atoms with Gasteiger partial charge in [0, 0.05) is 5.02 Å². The standard InChI is InChI=1S/C17H13Cl3N2OS/c1-17(9-10-3-2-4-11(18)7-10)15(23)22-16(24-17)21-12-5-6-13(19)14(20)8-12/h2-8H,9H2,1H3,(H,21,22,23). The van der Waals surface area contributed by atoms with Gasteiger partial charge in [-0.25, -0.2) is 4.99 Å². The lowest BCUT2D eigenvalue weighted by Gasteiger charge is -2.18. The fraction of sp³-hybridized carbons (Fsp3) is 0.176. The number of rotatable bonds is 3. The van der Waals surface area contributed by atoms with Gasteiger partial charge in [-0.3, -0.25) is 4.79 Å². The van der Waals surface area contributed by atoms with Gasteiger partial charge in [0.2, 0.25) is 5.91 Å². The summed E-state index contributed by atoms with van der Waals surface area (Å²) in [5, 5.41) is 4.92. The zero-order valence-corrected chi connectivity index (χ0v) is 15.7. The van der Waals surface area contributed by atoms with Gasteiger partial charge in [-0.1, -0.05) is 58.7 Å². The summed E-state index contributed by atoms with van der Waals surface area (Å²) in [7, 11) is 0. The highest BCUT2D eigenvalue weighted by Gasteiger charge is 2.42. The highest BCUT2D eigenvalue weighted by atomic mass is 35.5. The Morgan fingerprint density at radius 2 is 1.92 bits per heavy atom. The van der Waals surface area contributed by atoms with Crippen molar-refractivity contribution in [2.24, 2.45) is 4.99 Å². The summed E-state index contributed by atoms with van der Waals surface area (Å²) in [6, 6.07) is 12.6. The molecule has 1 saturated heterocycles. The number of carbonyl (C=O) groups excluding carboxylic acids is 1. The molecule has 1 amide bonds. The first-order valence-corrected chi connectivity index (χ1v) is 9.09. The fourth-order valence-corrected chi connectivity index (χ4v) is 4.00. The molecule has 24 heavy (non-hydrogen) atoms. The maximum atomic E-state index is 12.4. The molecule has 7 heteroatoms. The molecule has 2 aromatic carbocycles. The van der Waals surface area contributed by atoms with Gasteiger partial charge in [-0.2, -0.15) is 0 Å². The molecule has 3 nitrogen and oxygen atoms in total. The van der Waals surface area contributed by atoms with E-state index in [4.69, 9.17) is 34.8 Å². The summed E-state index contributed by atoms with van der Waals surface area (Å²) >= 11 is 19.3. The molecule has 3 rings (SSSR count). The van der Waals surface area contributed by atoms with Gasteiger partial charge < -0.3 is 5.32 Å². The summed E-state index contributed by atoms with van der Waals surface area (Å²) in [6.45, 7) is 1.89. The van der Waals surface area contributed by atoms with Gasteiger partial charge in [-0.15, -0.1) is 0 Å². The SMILES string of the molecule is CC1(Cc2cccc(Cl)c2)SC(=Nc2ccc(Cl)c(Cl)c2)NC1=O. The Morgan fingerprint density at radius 1 is 1.12 bits per heavy atom. The van der Waals surface area contributed by atoms with Crippen molar-refractivity contribution in [2.45, 2.75) is 18.1 Å². The largest absolute Gasteiger partial charge is 0.304 e. The average Bonchev–Trinajstić information content (AvgIpc) is 2.77. The zero-order valence-electron chi connectivity index (χ0n) is 12.6. The third kappa shape index (κ3) is 3.89. The molecule has 0 aliphatic carbocycles. The number of thioether (sulfide) groups is 1. The topological polar surface area (TPSA) is 41.5 Å². The molecule has 0 aromatic heterocycles. The third-order valence-corrected chi connectivity index (χ3v) is 5.73. The van der Waals surface area contributed by atoms with E-state index in [9.17, 15) is 4.79 Å². The molecule has 0 spiro atoms. The van der Waals surface area contributed by atoms with E-state index in [-0.39, 0.29) is 5.91 Å². The Labute approximate surface area is 159 Å². The molecule has 1 N–H and O–H groups in total. The van der Waals surface area contributed by atoms with Crippen molar-refractivity contribution < 1.29 is 4.79 Å². The number of aliphatic imine (C=N–C) groups is 1. The Balaban J connectivity index is 1.81. The van der Waals surface area contributed by atoms with Gasteiger partial charge >= 0.3 is 0 Å². The van der Waals surface area contributed by atoms with Crippen LogP contribution in [0.5, 0.6) is 0 Å². The molecule has 0 radical (unpaired) electrons. The highest BCUT2D eigenvalue weighted by molar-refractivity contribution is 8.16. The van der Waals surface area contributed by atoms with Crippen LogP contribution in [0.3, 0.4) is 0 Å². The van der Waals surface area contributed by atoms with Crippen LogP contribution in [0.1, 0.15) is 12.5 Å². The fourth-order valence-electron chi connectivity index (χ4n) is 2.39. The van der Waals surface area contributed by atoms with Gasteiger partial charge in [0.05, 0.1) is 15.7 Å². The molecular formula is C17H13Cl3N2OS. The Morgan fingerprint density at radius 3 is 2.62 bits per heavy atom. The van der Waals surface area contributed by atoms with Crippen LogP contribution in [-0.2, 0) is 11.2 Å². The number of hydrogen-bond acceptors (Lipinski definition) is 3. The zero-order chi connectivity index (χ0) is 17.3. The molecule has 0 saturated carbocycles. The smallest absolute Gasteiger partial charge is 0.242 e. The molecule has 1 atom stereocenters. The molecule has 0 bridgehead atoms. The van der Waals surface area contributed by atoms with E-state index in [1.54, 1.807) is 18.2 Å². The number of carbonyl (C=O) groups is 1. The third-order valence-electron chi connectivity index (χ3n) is 3.59. The number of benzene rings is 2. The van der Waals surface area contributed by atoms with Gasteiger partial charge in [0.1, 0.15) is 4.75 Å². The normalized spacial score (nSPS) is 22.0. The van der Waals surface area contributed by atoms with Crippen molar-refractivity contribution >= 4 is 63.3 Å². The number of nitrogens with one attached hydrogen (secondary N) is 1. The molecule has 1 fully saturated rings. The molecule has 124 valence electrons. The second-order valence-corrected chi connectivity index (χ2v) is 8.35. The van der Waals surface area contributed by atoms with Crippen LogP contribution in [0.25, 0.3) is 0 Å². The van der Waals surface area contributed by atoms with Crippen molar-refractivity contribution in [3.8, 4) is 0 Å². The first-order valence-electron chi connectivity index (χ1n) is 7.14. The second kappa shape index (κ2) is 6.96. The number of halogens is 3. The first kappa shape index (κ1) is 17.6. The van der Waals surface area contributed by atoms with E-state index >= 15 is 0 Å². The van der Waals surface area contributed by atoms with Gasteiger partial charge in [0.15, 0.2) is 5.17 Å². The van der Waals surface area contributed by atoms with Crippen LogP contribution < -0.4 is 5.32 Å². The van der Waals surface area contributed by atoms with E-state index in [1.165, 1.54) is 11.8 Å². The van der Waals surface area contributed by atoms with E-state index in [2.05, 4.69) is 10.3 Å². The lowest BCUT2D eigenvalue weighted by molar-refractivity contribution is -0.121. The van der Waals surface area contributed by atoms with Crippen LogP contribution in [0.2, 0.25) is 15.1 Å². The number of nitrogens with zero attached hydrogens (tertiary/aromatic N) is 1. The van der Waals surface area contributed by atoms with Crippen LogP contribution in [0.4, 0.5) is 5.69 Å². The Bertz CT molecular complexity index is 840. The molecule has 1 aliphatic heterocycles. The highest BCUT2D eigenvalue weighted by Crippen LogP contribution is 2.37. The van der Waals surface area contributed by atoms with Crippen molar-refractivity contribution in [1.82, 2.24) is 5.32 Å². The summed E-state index contributed by atoms with van der Waals surface area (Å²) in [5.74, 6) is -0.0775. The summed E-state index contributed by atoms with van der Waals surface area (Å²) < 4.78 is -0.639. The minimum atomic E-state index is -0.639. The Hall–Kier alpha value is -1.20. The van der Waals surface area contributed by atoms with Crippen LogP contribution in [0.15, 0.2) is 47.5 Å². The van der Waals surface area contributed by atoms with Crippen LogP contribution in [0, 0.1) is 0 Å². The van der Waals surface area contributed by atoms with Crippen molar-refractivity contribution in [2.75, 3.05) is 0 Å².